The standard InChI is InChI=1S/C15H20N2O4/c1-11(18)16-8-12-2-4-13(5-3-12)14(19)17-9-15(20)6-7-21-10-15/h2-5,20H,6-10H2,1H3,(H,16,18)(H,17,19). The van der Waals surface area contributed by atoms with Gasteiger partial charge in [-0.05, 0) is 17.7 Å². The summed E-state index contributed by atoms with van der Waals surface area (Å²) in [6, 6.07) is 6.97. The van der Waals surface area contributed by atoms with Crippen LogP contribution in [-0.2, 0) is 16.1 Å². The number of carbonyl (C=O) groups is 2. The average Bonchev–Trinajstić information content (AvgIpc) is 2.90. The SMILES string of the molecule is CC(=O)NCc1ccc(C(=O)NCC2(O)CCOC2)cc1. The van der Waals surface area contributed by atoms with Crippen LogP contribution >= 0.6 is 0 Å². The molecule has 2 amide bonds. The molecule has 6 heteroatoms. The number of amides is 2. The zero-order valence-electron chi connectivity index (χ0n) is 12.0. The predicted octanol–water partition coefficient (Wildman–Crippen LogP) is 0.204. The lowest BCUT2D eigenvalue weighted by Crippen LogP contribution is -2.43. The van der Waals surface area contributed by atoms with Crippen molar-refractivity contribution in [1.82, 2.24) is 10.6 Å². The Morgan fingerprint density at radius 3 is 2.57 bits per heavy atom. The monoisotopic (exact) mass is 292 g/mol. The van der Waals surface area contributed by atoms with E-state index in [0.29, 0.717) is 25.1 Å². The maximum atomic E-state index is 12.0. The molecule has 6 nitrogen and oxygen atoms in total. The van der Waals surface area contributed by atoms with Crippen molar-refractivity contribution in [3.63, 3.8) is 0 Å². The first-order valence-electron chi connectivity index (χ1n) is 6.90. The van der Waals surface area contributed by atoms with Gasteiger partial charge < -0.3 is 20.5 Å². The van der Waals surface area contributed by atoms with Crippen LogP contribution in [0.2, 0.25) is 0 Å². The Morgan fingerprint density at radius 2 is 2.00 bits per heavy atom. The van der Waals surface area contributed by atoms with E-state index in [9.17, 15) is 14.7 Å². The van der Waals surface area contributed by atoms with Crippen LogP contribution in [0.15, 0.2) is 24.3 Å². The van der Waals surface area contributed by atoms with Crippen LogP contribution in [0.4, 0.5) is 0 Å². The molecule has 1 atom stereocenters. The van der Waals surface area contributed by atoms with Gasteiger partial charge in [0.2, 0.25) is 5.91 Å². The number of carbonyl (C=O) groups excluding carboxylic acids is 2. The lowest BCUT2D eigenvalue weighted by Gasteiger charge is -2.20. The molecule has 1 aromatic rings. The minimum absolute atomic E-state index is 0.0937. The summed E-state index contributed by atoms with van der Waals surface area (Å²) in [7, 11) is 0. The van der Waals surface area contributed by atoms with E-state index in [1.54, 1.807) is 24.3 Å². The van der Waals surface area contributed by atoms with E-state index in [4.69, 9.17) is 4.74 Å². The summed E-state index contributed by atoms with van der Waals surface area (Å²) in [4.78, 5) is 22.8. The minimum Gasteiger partial charge on any atom is -0.386 e. The van der Waals surface area contributed by atoms with Crippen molar-refractivity contribution < 1.29 is 19.4 Å². The van der Waals surface area contributed by atoms with Crippen LogP contribution in [-0.4, -0.2) is 42.3 Å². The lowest BCUT2D eigenvalue weighted by molar-refractivity contribution is -0.119. The highest BCUT2D eigenvalue weighted by Gasteiger charge is 2.32. The highest BCUT2D eigenvalue weighted by molar-refractivity contribution is 5.94. The number of hydrogen-bond acceptors (Lipinski definition) is 4. The summed E-state index contributed by atoms with van der Waals surface area (Å²) in [5.41, 5.74) is 0.481. The average molecular weight is 292 g/mol. The second-order valence-electron chi connectivity index (χ2n) is 5.32. The number of nitrogens with one attached hydrogen (secondary N) is 2. The summed E-state index contributed by atoms with van der Waals surface area (Å²) in [5.74, 6) is -0.328. The molecule has 1 heterocycles. The van der Waals surface area contributed by atoms with Crippen molar-refractivity contribution in [1.29, 1.82) is 0 Å². The Bertz CT molecular complexity index is 507. The molecule has 0 bridgehead atoms. The molecule has 0 aliphatic carbocycles. The van der Waals surface area contributed by atoms with Gasteiger partial charge in [0.15, 0.2) is 0 Å². The fourth-order valence-electron chi connectivity index (χ4n) is 2.08. The molecule has 114 valence electrons. The van der Waals surface area contributed by atoms with E-state index in [1.165, 1.54) is 6.92 Å². The first-order chi connectivity index (χ1) is 9.98. The first kappa shape index (κ1) is 15.5. The quantitative estimate of drug-likeness (QED) is 0.723. The third-order valence-electron chi connectivity index (χ3n) is 3.42. The van der Waals surface area contributed by atoms with Crippen LogP contribution in [0.25, 0.3) is 0 Å². The summed E-state index contributed by atoms with van der Waals surface area (Å²) in [6.07, 6.45) is 0.531. The molecule has 0 saturated carbocycles. The second kappa shape index (κ2) is 6.69. The third kappa shape index (κ3) is 4.54. The molecule has 3 N–H and O–H groups in total. The highest BCUT2D eigenvalue weighted by atomic mass is 16.5. The Hall–Kier alpha value is -1.92. The fraction of sp³-hybridized carbons (Fsp3) is 0.467. The van der Waals surface area contributed by atoms with Crippen LogP contribution < -0.4 is 10.6 Å². The maximum Gasteiger partial charge on any atom is 0.251 e. The molecule has 21 heavy (non-hydrogen) atoms. The van der Waals surface area contributed by atoms with Gasteiger partial charge in [-0.2, -0.15) is 0 Å². The highest BCUT2D eigenvalue weighted by Crippen LogP contribution is 2.17. The largest absolute Gasteiger partial charge is 0.386 e. The Balaban J connectivity index is 1.86. The number of aliphatic hydroxyl groups is 1. The van der Waals surface area contributed by atoms with Crippen molar-refractivity contribution in [3.05, 3.63) is 35.4 Å². The van der Waals surface area contributed by atoms with Gasteiger partial charge in [0.05, 0.1) is 6.61 Å². The molecule has 1 aliphatic rings. The first-order valence-corrected chi connectivity index (χ1v) is 6.90. The molecule has 0 aromatic heterocycles. The summed E-state index contributed by atoms with van der Waals surface area (Å²) in [5, 5.41) is 15.5. The number of rotatable bonds is 5. The van der Waals surface area contributed by atoms with E-state index < -0.39 is 5.60 Å². The van der Waals surface area contributed by atoms with E-state index in [-0.39, 0.29) is 25.0 Å². The topological polar surface area (TPSA) is 87.7 Å². The van der Waals surface area contributed by atoms with Crippen LogP contribution in [0.1, 0.15) is 29.3 Å². The number of hydrogen-bond donors (Lipinski definition) is 3. The van der Waals surface area contributed by atoms with Gasteiger partial charge in [0.25, 0.3) is 5.91 Å². The van der Waals surface area contributed by atoms with Crippen molar-refractivity contribution >= 4 is 11.8 Å². The van der Waals surface area contributed by atoms with E-state index >= 15 is 0 Å². The van der Waals surface area contributed by atoms with Crippen LogP contribution in [0.5, 0.6) is 0 Å². The van der Waals surface area contributed by atoms with Gasteiger partial charge in [-0.3, -0.25) is 9.59 Å². The molecule has 1 aromatic carbocycles. The van der Waals surface area contributed by atoms with Crippen molar-refractivity contribution in [2.45, 2.75) is 25.5 Å². The summed E-state index contributed by atoms with van der Waals surface area (Å²) in [6.45, 7) is 2.85. The number of benzene rings is 1. The summed E-state index contributed by atoms with van der Waals surface area (Å²) < 4.78 is 5.12. The van der Waals surface area contributed by atoms with Gasteiger partial charge in [-0.25, -0.2) is 0 Å². The van der Waals surface area contributed by atoms with Crippen LogP contribution in [0.3, 0.4) is 0 Å². The van der Waals surface area contributed by atoms with Gasteiger partial charge >= 0.3 is 0 Å². The molecule has 0 spiro atoms. The zero-order valence-corrected chi connectivity index (χ0v) is 12.0. The second-order valence-corrected chi connectivity index (χ2v) is 5.32. The maximum absolute atomic E-state index is 12.0. The van der Waals surface area contributed by atoms with E-state index in [2.05, 4.69) is 10.6 Å². The molecule has 1 saturated heterocycles. The van der Waals surface area contributed by atoms with Gasteiger partial charge in [-0.15, -0.1) is 0 Å². The lowest BCUT2D eigenvalue weighted by atomic mass is 10.0. The van der Waals surface area contributed by atoms with Crippen molar-refractivity contribution in [2.24, 2.45) is 0 Å². The smallest absolute Gasteiger partial charge is 0.251 e. The van der Waals surface area contributed by atoms with Gasteiger partial charge in [-0.1, -0.05) is 12.1 Å². The Labute approximate surface area is 123 Å². The van der Waals surface area contributed by atoms with Crippen molar-refractivity contribution in [2.75, 3.05) is 19.8 Å². The minimum atomic E-state index is -0.957. The summed E-state index contributed by atoms with van der Waals surface area (Å²) >= 11 is 0. The molecule has 2 rings (SSSR count). The Kier molecular flexibility index (Phi) is 4.93. The molecule has 1 unspecified atom stereocenters. The molecule has 1 fully saturated rings. The zero-order chi connectivity index (χ0) is 15.3. The number of ether oxygens (including phenoxy) is 1. The van der Waals surface area contributed by atoms with Crippen LogP contribution in [0, 0.1) is 0 Å². The predicted molar refractivity (Wildman–Crippen MR) is 76.7 cm³/mol. The molecule has 0 radical (unpaired) electrons. The molecular formula is C15H20N2O4. The normalized spacial score (nSPS) is 21.0. The molecular weight excluding hydrogens is 272 g/mol. The van der Waals surface area contributed by atoms with E-state index in [1.807, 2.05) is 0 Å². The molecule has 1 aliphatic heterocycles. The van der Waals surface area contributed by atoms with Gasteiger partial charge in [0.1, 0.15) is 5.60 Å². The third-order valence-corrected chi connectivity index (χ3v) is 3.42. The fourth-order valence-corrected chi connectivity index (χ4v) is 2.08. The van der Waals surface area contributed by atoms with E-state index in [0.717, 1.165) is 5.56 Å². The Morgan fingerprint density at radius 1 is 1.29 bits per heavy atom. The van der Waals surface area contributed by atoms with Gasteiger partial charge in [0, 0.05) is 38.6 Å². The van der Waals surface area contributed by atoms with Crippen molar-refractivity contribution in [3.8, 4) is 0 Å².